The Kier molecular flexibility index (Phi) is 9.65. The molecule has 0 aromatic rings. The van der Waals surface area contributed by atoms with Gasteiger partial charge in [-0.3, -0.25) is 4.55 Å². The molecule has 3 nitrogen and oxygen atoms in total. The zero-order valence-corrected chi connectivity index (χ0v) is 12.4. The first kappa shape index (κ1) is 16.4. The van der Waals surface area contributed by atoms with Gasteiger partial charge in [0.1, 0.15) is 0 Å². The van der Waals surface area contributed by atoms with Crippen LogP contribution in [0.4, 0.5) is 0 Å². The molecule has 0 aliphatic carbocycles. The van der Waals surface area contributed by atoms with Crippen LogP contribution in [0.1, 0.15) is 58.3 Å². The topological polar surface area (TPSA) is 54.4 Å². The van der Waals surface area contributed by atoms with E-state index in [-0.39, 0.29) is 10.6 Å². The molecule has 0 heterocycles. The third-order valence-electron chi connectivity index (χ3n) is 2.56. The molecule has 0 saturated carbocycles. The molecule has 1 atom stereocenters. The first-order valence-corrected chi connectivity index (χ1v) is 8.57. The normalized spacial score (nSPS) is 13.9. The molecule has 0 aromatic carbocycles. The summed E-state index contributed by atoms with van der Waals surface area (Å²) in [6, 6.07) is 0. The summed E-state index contributed by atoms with van der Waals surface area (Å²) in [6.07, 6.45) is 8.96. The molecule has 0 aliphatic heterocycles. The number of hydrogen-bond donors (Lipinski definition) is 1. The Bertz CT molecular complexity index is 252. The fourth-order valence-corrected chi connectivity index (χ4v) is 3.01. The van der Waals surface area contributed by atoms with Crippen LogP contribution in [0.2, 0.25) is 0 Å². The van der Waals surface area contributed by atoms with Gasteiger partial charge in [-0.25, -0.2) is 0 Å². The van der Waals surface area contributed by atoms with Gasteiger partial charge in [0.15, 0.2) is 0 Å². The zero-order valence-electron chi connectivity index (χ0n) is 9.99. The highest BCUT2D eigenvalue weighted by Gasteiger charge is 2.10. The van der Waals surface area contributed by atoms with Crippen LogP contribution in [0.15, 0.2) is 0 Å². The number of unbranched alkanes of at least 4 members (excludes halogenated alkanes) is 5. The molecule has 0 saturated heterocycles. The average Bonchev–Trinajstić information content (AvgIpc) is 2.19. The van der Waals surface area contributed by atoms with Gasteiger partial charge in [-0.1, -0.05) is 61.4 Å². The minimum Gasteiger partial charge on any atom is -0.286 e. The summed E-state index contributed by atoms with van der Waals surface area (Å²) in [6.45, 7) is 2.20. The van der Waals surface area contributed by atoms with Gasteiger partial charge in [-0.05, 0) is 12.8 Å². The quantitative estimate of drug-likeness (QED) is 0.379. The Balaban J connectivity index is 3.34. The summed E-state index contributed by atoms with van der Waals surface area (Å²) in [5.41, 5.74) is 0. The number of alkyl halides is 1. The Hall–Kier alpha value is 0.390. The molecule has 5 heteroatoms. The van der Waals surface area contributed by atoms with Crippen molar-refractivity contribution in [3.05, 3.63) is 0 Å². The third-order valence-corrected chi connectivity index (χ3v) is 4.23. The lowest BCUT2D eigenvalue weighted by molar-refractivity contribution is 0.479. The summed E-state index contributed by atoms with van der Waals surface area (Å²) in [5, 5.41) is 0. The summed E-state index contributed by atoms with van der Waals surface area (Å²) >= 11 is 3.44. The van der Waals surface area contributed by atoms with Gasteiger partial charge < -0.3 is 0 Å². The van der Waals surface area contributed by atoms with Gasteiger partial charge in [-0.15, -0.1) is 0 Å². The smallest absolute Gasteiger partial charge is 0.264 e. The number of hydrogen-bond acceptors (Lipinski definition) is 2. The molecule has 0 fully saturated rings. The molecule has 0 rings (SSSR count). The Morgan fingerprint density at radius 1 is 1.06 bits per heavy atom. The van der Waals surface area contributed by atoms with Crippen molar-refractivity contribution in [3.8, 4) is 0 Å². The van der Waals surface area contributed by atoms with E-state index < -0.39 is 10.1 Å². The van der Waals surface area contributed by atoms with Crippen molar-refractivity contribution in [2.75, 3.05) is 5.75 Å². The van der Waals surface area contributed by atoms with E-state index >= 15 is 0 Å². The second kappa shape index (κ2) is 9.42. The first-order chi connectivity index (χ1) is 7.45. The van der Waals surface area contributed by atoms with Crippen LogP contribution in [0.5, 0.6) is 0 Å². The highest BCUT2D eigenvalue weighted by atomic mass is 79.9. The zero-order chi connectivity index (χ0) is 12.4. The molecule has 0 amide bonds. The van der Waals surface area contributed by atoms with E-state index in [0.717, 1.165) is 12.8 Å². The minimum absolute atomic E-state index is 0.140. The fraction of sp³-hybridized carbons (Fsp3) is 1.00. The van der Waals surface area contributed by atoms with Crippen LogP contribution in [-0.4, -0.2) is 23.6 Å². The van der Waals surface area contributed by atoms with Gasteiger partial charge >= 0.3 is 0 Å². The van der Waals surface area contributed by atoms with Gasteiger partial charge in [0.05, 0.1) is 5.75 Å². The maximum Gasteiger partial charge on any atom is 0.264 e. The summed E-state index contributed by atoms with van der Waals surface area (Å²) in [4.78, 5) is 0.209. The lowest BCUT2D eigenvalue weighted by Crippen LogP contribution is -2.09. The predicted molar refractivity (Wildman–Crippen MR) is 71.7 cm³/mol. The molecule has 98 valence electrons. The van der Waals surface area contributed by atoms with Crippen molar-refractivity contribution in [2.45, 2.75) is 63.1 Å². The van der Waals surface area contributed by atoms with Gasteiger partial charge in [-0.2, -0.15) is 8.42 Å². The maximum absolute atomic E-state index is 10.5. The molecule has 1 N–H and O–H groups in total. The summed E-state index contributed by atoms with van der Waals surface area (Å²) < 4.78 is 29.6. The van der Waals surface area contributed by atoms with Crippen molar-refractivity contribution in [1.29, 1.82) is 0 Å². The lowest BCUT2D eigenvalue weighted by Gasteiger charge is -2.08. The molecule has 1 unspecified atom stereocenters. The van der Waals surface area contributed by atoms with Crippen LogP contribution in [0, 0.1) is 0 Å². The van der Waals surface area contributed by atoms with Crippen LogP contribution < -0.4 is 0 Å². The summed E-state index contributed by atoms with van der Waals surface area (Å²) in [7, 11) is -3.79. The van der Waals surface area contributed by atoms with E-state index in [1.807, 2.05) is 0 Å². The second-order valence-corrected chi connectivity index (χ2v) is 7.10. The lowest BCUT2D eigenvalue weighted by atomic mass is 10.1. The number of halogens is 1. The van der Waals surface area contributed by atoms with Gasteiger partial charge in [0.25, 0.3) is 10.1 Å². The Morgan fingerprint density at radius 2 is 1.62 bits per heavy atom. The molecule has 0 spiro atoms. The van der Waals surface area contributed by atoms with Crippen molar-refractivity contribution in [3.63, 3.8) is 0 Å². The van der Waals surface area contributed by atoms with E-state index in [9.17, 15) is 8.42 Å². The molecule has 0 bridgehead atoms. The fourth-order valence-electron chi connectivity index (χ4n) is 1.57. The molecule has 0 radical (unpaired) electrons. The van der Waals surface area contributed by atoms with Crippen molar-refractivity contribution < 1.29 is 13.0 Å². The van der Waals surface area contributed by atoms with Crippen LogP contribution in [0.3, 0.4) is 0 Å². The van der Waals surface area contributed by atoms with E-state index in [1.165, 1.54) is 32.1 Å². The van der Waals surface area contributed by atoms with Crippen molar-refractivity contribution >= 4 is 26.0 Å². The van der Waals surface area contributed by atoms with E-state index in [4.69, 9.17) is 4.55 Å². The standard InChI is InChI=1S/C11H23BrO3S/c1-2-3-4-5-6-7-8-11(12)9-10-16(13,14)15/h11H,2-10H2,1H3,(H,13,14,15). The largest absolute Gasteiger partial charge is 0.286 e. The van der Waals surface area contributed by atoms with Crippen LogP contribution >= 0.6 is 15.9 Å². The molecular formula is C11H23BrO3S. The highest BCUT2D eigenvalue weighted by molar-refractivity contribution is 9.09. The van der Waals surface area contributed by atoms with Crippen molar-refractivity contribution in [1.82, 2.24) is 0 Å². The summed E-state index contributed by atoms with van der Waals surface area (Å²) in [5.74, 6) is -0.140. The van der Waals surface area contributed by atoms with Gasteiger partial charge in [0, 0.05) is 4.83 Å². The highest BCUT2D eigenvalue weighted by Crippen LogP contribution is 2.16. The van der Waals surface area contributed by atoms with Gasteiger partial charge in [0.2, 0.25) is 0 Å². The monoisotopic (exact) mass is 314 g/mol. The maximum atomic E-state index is 10.5. The molecule has 16 heavy (non-hydrogen) atoms. The van der Waals surface area contributed by atoms with Crippen LogP contribution in [0.25, 0.3) is 0 Å². The Morgan fingerprint density at radius 3 is 2.19 bits per heavy atom. The number of rotatable bonds is 10. The van der Waals surface area contributed by atoms with E-state index in [1.54, 1.807) is 0 Å². The second-order valence-electron chi connectivity index (χ2n) is 4.23. The molecular weight excluding hydrogens is 292 g/mol. The SMILES string of the molecule is CCCCCCCCC(Br)CCS(=O)(=O)O. The van der Waals surface area contributed by atoms with Crippen LogP contribution in [-0.2, 0) is 10.1 Å². The molecule has 0 aromatic heterocycles. The minimum atomic E-state index is -3.79. The van der Waals surface area contributed by atoms with E-state index in [2.05, 4.69) is 22.9 Å². The predicted octanol–water partition coefficient (Wildman–Crippen LogP) is 3.78. The molecule has 0 aliphatic rings. The first-order valence-electron chi connectivity index (χ1n) is 6.05. The average molecular weight is 315 g/mol. The van der Waals surface area contributed by atoms with Crippen molar-refractivity contribution in [2.24, 2.45) is 0 Å². The van der Waals surface area contributed by atoms with E-state index in [0.29, 0.717) is 6.42 Å². The third kappa shape index (κ3) is 12.5. The Labute approximate surface area is 108 Å².